The van der Waals surface area contributed by atoms with Crippen LogP contribution in [0.3, 0.4) is 0 Å². The summed E-state index contributed by atoms with van der Waals surface area (Å²) in [5.74, 6) is -1.95. The van der Waals surface area contributed by atoms with Crippen molar-refractivity contribution in [3.8, 4) is 11.1 Å². The van der Waals surface area contributed by atoms with Gasteiger partial charge in [0.25, 0.3) is 0 Å². The normalized spacial score (nSPS) is 19.9. The van der Waals surface area contributed by atoms with Crippen LogP contribution in [0.5, 0.6) is 0 Å². The molecule has 2 aliphatic carbocycles. The molecule has 0 aromatic heterocycles. The summed E-state index contributed by atoms with van der Waals surface area (Å²) in [5, 5.41) is 23.4. The number of carboxylic acids is 1. The van der Waals surface area contributed by atoms with E-state index in [2.05, 4.69) is 34.9 Å². The highest BCUT2D eigenvalue weighted by Crippen LogP contribution is 2.44. The van der Waals surface area contributed by atoms with Crippen molar-refractivity contribution >= 4 is 18.0 Å². The van der Waals surface area contributed by atoms with Gasteiger partial charge in [0.2, 0.25) is 5.91 Å². The zero-order valence-electron chi connectivity index (χ0n) is 18.2. The molecule has 0 unspecified atom stereocenters. The average molecular weight is 453 g/mol. The third-order valence-electron chi connectivity index (χ3n) is 6.50. The van der Waals surface area contributed by atoms with E-state index in [-0.39, 0.29) is 43.4 Å². The minimum Gasteiger partial charge on any atom is -0.480 e. The second-order valence-corrected chi connectivity index (χ2v) is 8.59. The van der Waals surface area contributed by atoms with Crippen LogP contribution in [0.2, 0.25) is 0 Å². The molecule has 2 amide bonds. The first kappa shape index (κ1) is 22.8. The van der Waals surface area contributed by atoms with Gasteiger partial charge in [0.15, 0.2) is 0 Å². The number of benzene rings is 2. The number of aliphatic hydroxyl groups excluding tert-OH is 1. The van der Waals surface area contributed by atoms with E-state index in [1.165, 1.54) is 0 Å². The minimum atomic E-state index is -1.18. The van der Waals surface area contributed by atoms with E-state index in [4.69, 9.17) is 14.9 Å². The fourth-order valence-corrected chi connectivity index (χ4v) is 4.83. The van der Waals surface area contributed by atoms with Gasteiger partial charge in [0.05, 0.1) is 0 Å². The maximum atomic E-state index is 12.5. The molecule has 2 aromatic carbocycles. The van der Waals surface area contributed by atoms with E-state index >= 15 is 0 Å². The number of alkyl carbamates (subject to hydrolysis) is 1. The molecule has 1 saturated carbocycles. The van der Waals surface area contributed by atoms with E-state index in [0.717, 1.165) is 22.3 Å². The summed E-state index contributed by atoms with van der Waals surface area (Å²) < 4.78 is 5.57. The third-order valence-corrected chi connectivity index (χ3v) is 6.50. The van der Waals surface area contributed by atoms with Gasteiger partial charge in [0, 0.05) is 30.9 Å². The van der Waals surface area contributed by atoms with Gasteiger partial charge in [-0.3, -0.25) is 4.79 Å². The van der Waals surface area contributed by atoms with Crippen LogP contribution >= 0.6 is 0 Å². The lowest BCUT2D eigenvalue weighted by molar-refractivity contribution is -0.142. The molecule has 8 nitrogen and oxygen atoms in total. The van der Waals surface area contributed by atoms with Crippen molar-refractivity contribution in [2.75, 3.05) is 13.2 Å². The van der Waals surface area contributed by atoms with Gasteiger partial charge in [-0.1, -0.05) is 48.5 Å². The van der Waals surface area contributed by atoms with Crippen molar-refractivity contribution < 1.29 is 29.3 Å². The highest BCUT2D eigenvalue weighted by atomic mass is 16.5. The summed E-state index contributed by atoms with van der Waals surface area (Å²) in [5.41, 5.74) is 4.60. The summed E-state index contributed by atoms with van der Waals surface area (Å²) in [6, 6.07) is 14.9. The molecule has 1 fully saturated rings. The van der Waals surface area contributed by atoms with E-state index in [9.17, 15) is 14.4 Å². The average Bonchev–Trinajstić information content (AvgIpc) is 3.40. The van der Waals surface area contributed by atoms with Gasteiger partial charge in [-0.25, -0.2) is 9.59 Å². The van der Waals surface area contributed by atoms with E-state index in [1.54, 1.807) is 0 Å². The number of hydrogen-bond donors (Lipinski definition) is 4. The number of nitrogens with one attached hydrogen (secondary N) is 2. The molecular formula is C25H28N2O6. The van der Waals surface area contributed by atoms with Crippen LogP contribution in [0.4, 0.5) is 4.79 Å². The Labute approximate surface area is 192 Å². The lowest BCUT2D eigenvalue weighted by Crippen LogP contribution is -2.44. The number of ether oxygens (including phenoxy) is 1. The summed E-state index contributed by atoms with van der Waals surface area (Å²) in [7, 11) is 0. The van der Waals surface area contributed by atoms with Crippen LogP contribution < -0.4 is 10.6 Å². The van der Waals surface area contributed by atoms with Crippen molar-refractivity contribution in [2.45, 2.75) is 43.7 Å². The number of carbonyl (C=O) groups is 3. The van der Waals surface area contributed by atoms with E-state index < -0.39 is 18.1 Å². The monoisotopic (exact) mass is 452 g/mol. The fourth-order valence-electron chi connectivity index (χ4n) is 4.83. The standard InChI is InChI=1S/C25H28N2O6/c28-12-11-22(24(30)31)27-23(29)15-9-10-16(13-15)26-25(32)33-14-21-19-7-3-1-5-17(19)18-6-2-4-8-20(18)21/h1-8,15-16,21-22,28H,9-14H2,(H,26,32)(H,27,29)(H,30,31)/t15-,16+,22-/m0/s1. The number of hydrogen-bond acceptors (Lipinski definition) is 5. The van der Waals surface area contributed by atoms with Crippen molar-refractivity contribution in [3.05, 3.63) is 59.7 Å². The molecule has 0 saturated heterocycles. The Morgan fingerprint density at radius 1 is 1.00 bits per heavy atom. The predicted molar refractivity (Wildman–Crippen MR) is 121 cm³/mol. The Kier molecular flexibility index (Phi) is 6.93. The SMILES string of the molecule is O=C(N[C@@H]1CC[C@H](C(=O)N[C@@H](CCO)C(=O)O)C1)OCC1c2ccccc2-c2ccccc21. The third kappa shape index (κ3) is 5.01. The molecule has 0 bridgehead atoms. The van der Waals surface area contributed by atoms with Gasteiger partial charge in [-0.15, -0.1) is 0 Å². The highest BCUT2D eigenvalue weighted by Gasteiger charge is 2.34. The molecule has 2 aliphatic rings. The quantitative estimate of drug-likeness (QED) is 0.488. The first-order valence-corrected chi connectivity index (χ1v) is 11.2. The molecule has 33 heavy (non-hydrogen) atoms. The van der Waals surface area contributed by atoms with Crippen LogP contribution in [0.1, 0.15) is 42.7 Å². The number of carbonyl (C=O) groups excluding carboxylic acids is 2. The van der Waals surface area contributed by atoms with Crippen molar-refractivity contribution in [3.63, 3.8) is 0 Å². The number of amides is 2. The van der Waals surface area contributed by atoms with Gasteiger partial charge >= 0.3 is 12.1 Å². The van der Waals surface area contributed by atoms with Gasteiger partial charge in [0.1, 0.15) is 12.6 Å². The largest absolute Gasteiger partial charge is 0.480 e. The summed E-state index contributed by atoms with van der Waals surface area (Å²) in [4.78, 5) is 36.1. The topological polar surface area (TPSA) is 125 Å². The molecule has 0 heterocycles. The van der Waals surface area contributed by atoms with Crippen molar-refractivity contribution in [1.29, 1.82) is 0 Å². The predicted octanol–water partition coefficient (Wildman–Crippen LogP) is 2.65. The van der Waals surface area contributed by atoms with Crippen LogP contribution in [0.25, 0.3) is 11.1 Å². The van der Waals surface area contributed by atoms with Gasteiger partial charge in [-0.05, 0) is 41.5 Å². The number of rotatable bonds is 8. The Bertz CT molecular complexity index is 994. The second-order valence-electron chi connectivity index (χ2n) is 8.59. The second kappa shape index (κ2) is 10.0. The molecule has 0 aliphatic heterocycles. The zero-order chi connectivity index (χ0) is 23.4. The molecule has 0 radical (unpaired) electrons. The first-order chi connectivity index (χ1) is 16.0. The Morgan fingerprint density at radius 3 is 2.24 bits per heavy atom. The van der Waals surface area contributed by atoms with E-state index in [1.807, 2.05) is 24.3 Å². The van der Waals surface area contributed by atoms with Gasteiger partial charge < -0.3 is 25.6 Å². The lowest BCUT2D eigenvalue weighted by atomic mass is 9.98. The lowest BCUT2D eigenvalue weighted by Gasteiger charge is -2.18. The Hall–Kier alpha value is -3.39. The summed E-state index contributed by atoms with van der Waals surface area (Å²) in [6.07, 6.45) is 1.01. The summed E-state index contributed by atoms with van der Waals surface area (Å²) >= 11 is 0. The van der Waals surface area contributed by atoms with Crippen molar-refractivity contribution in [2.24, 2.45) is 5.92 Å². The molecule has 0 spiro atoms. The fraction of sp³-hybridized carbons (Fsp3) is 0.400. The molecular weight excluding hydrogens is 424 g/mol. The molecule has 2 aromatic rings. The highest BCUT2D eigenvalue weighted by molar-refractivity contribution is 5.85. The van der Waals surface area contributed by atoms with Crippen LogP contribution in [0.15, 0.2) is 48.5 Å². The molecule has 3 atom stereocenters. The Morgan fingerprint density at radius 2 is 1.64 bits per heavy atom. The number of fused-ring (bicyclic) bond motifs is 3. The molecule has 4 N–H and O–H groups in total. The van der Waals surface area contributed by atoms with Crippen LogP contribution in [0, 0.1) is 5.92 Å². The number of carboxylic acid groups (broad SMARTS) is 1. The van der Waals surface area contributed by atoms with Crippen molar-refractivity contribution in [1.82, 2.24) is 10.6 Å². The maximum Gasteiger partial charge on any atom is 0.407 e. The Balaban J connectivity index is 1.29. The zero-order valence-corrected chi connectivity index (χ0v) is 18.2. The first-order valence-electron chi connectivity index (χ1n) is 11.2. The minimum absolute atomic E-state index is 0.0234. The number of aliphatic carboxylic acids is 1. The molecule has 174 valence electrons. The smallest absolute Gasteiger partial charge is 0.407 e. The molecule has 8 heteroatoms. The number of aliphatic hydroxyl groups is 1. The van der Waals surface area contributed by atoms with E-state index in [0.29, 0.717) is 19.3 Å². The molecule has 4 rings (SSSR count). The van der Waals surface area contributed by atoms with Gasteiger partial charge in [-0.2, -0.15) is 0 Å². The maximum absolute atomic E-state index is 12.5. The van der Waals surface area contributed by atoms with Crippen LogP contribution in [-0.4, -0.2) is 53.5 Å². The summed E-state index contributed by atoms with van der Waals surface area (Å²) in [6.45, 7) is -0.105. The van der Waals surface area contributed by atoms with Crippen LogP contribution in [-0.2, 0) is 14.3 Å².